The topological polar surface area (TPSA) is 39.1 Å². The van der Waals surface area contributed by atoms with Crippen LogP contribution in [-0.4, -0.2) is 35.1 Å². The van der Waals surface area contributed by atoms with Gasteiger partial charge in [0, 0.05) is 30.8 Å². The Morgan fingerprint density at radius 3 is 2.60 bits per heavy atom. The molecule has 0 spiro atoms. The zero-order valence-corrected chi connectivity index (χ0v) is 13.8. The van der Waals surface area contributed by atoms with E-state index in [0.717, 1.165) is 31.7 Å². The van der Waals surface area contributed by atoms with Gasteiger partial charge in [-0.2, -0.15) is 5.10 Å². The standard InChI is InChI=1S/C16H29N3O/c1-7-20-15-10-14(16(15,4)5)17-9-8-13-11(2)18-19(6)12(13)3/h14-15,17H,7-10H2,1-6H3. The maximum absolute atomic E-state index is 5.78. The third-order valence-corrected chi connectivity index (χ3v) is 4.97. The quantitative estimate of drug-likeness (QED) is 0.869. The van der Waals surface area contributed by atoms with Crippen molar-refractivity contribution in [2.24, 2.45) is 12.5 Å². The van der Waals surface area contributed by atoms with Crippen LogP contribution in [0, 0.1) is 19.3 Å². The number of hydrogen-bond donors (Lipinski definition) is 1. The number of aryl methyl sites for hydroxylation is 2. The average Bonchev–Trinajstić information content (AvgIpc) is 2.62. The molecule has 1 heterocycles. The Bertz CT molecular complexity index is 465. The van der Waals surface area contributed by atoms with Gasteiger partial charge in [-0.3, -0.25) is 4.68 Å². The molecule has 20 heavy (non-hydrogen) atoms. The van der Waals surface area contributed by atoms with Crippen molar-refractivity contribution >= 4 is 0 Å². The van der Waals surface area contributed by atoms with Gasteiger partial charge in [0.1, 0.15) is 0 Å². The van der Waals surface area contributed by atoms with Gasteiger partial charge in [-0.15, -0.1) is 0 Å². The van der Waals surface area contributed by atoms with E-state index in [0.29, 0.717) is 12.1 Å². The second kappa shape index (κ2) is 5.86. The fraction of sp³-hybridized carbons (Fsp3) is 0.812. The number of rotatable bonds is 6. The van der Waals surface area contributed by atoms with E-state index in [-0.39, 0.29) is 5.41 Å². The Balaban J connectivity index is 1.83. The van der Waals surface area contributed by atoms with Crippen molar-refractivity contribution in [2.45, 2.75) is 59.6 Å². The highest BCUT2D eigenvalue weighted by molar-refractivity contribution is 5.24. The van der Waals surface area contributed by atoms with Crippen molar-refractivity contribution in [2.75, 3.05) is 13.2 Å². The van der Waals surface area contributed by atoms with Crippen molar-refractivity contribution in [1.29, 1.82) is 0 Å². The summed E-state index contributed by atoms with van der Waals surface area (Å²) in [7, 11) is 2.01. The molecule has 1 fully saturated rings. The molecule has 0 amide bonds. The highest BCUT2D eigenvalue weighted by atomic mass is 16.5. The first-order valence-electron chi connectivity index (χ1n) is 7.72. The summed E-state index contributed by atoms with van der Waals surface area (Å²) >= 11 is 0. The van der Waals surface area contributed by atoms with Crippen molar-refractivity contribution in [3.8, 4) is 0 Å². The molecule has 1 aromatic rings. The molecule has 0 aromatic carbocycles. The summed E-state index contributed by atoms with van der Waals surface area (Å²) in [5.74, 6) is 0. The van der Waals surface area contributed by atoms with Crippen LogP contribution in [-0.2, 0) is 18.2 Å². The first-order valence-corrected chi connectivity index (χ1v) is 7.72. The van der Waals surface area contributed by atoms with E-state index in [1.165, 1.54) is 11.3 Å². The zero-order valence-electron chi connectivity index (χ0n) is 13.8. The van der Waals surface area contributed by atoms with Gasteiger partial charge in [-0.25, -0.2) is 0 Å². The van der Waals surface area contributed by atoms with Crippen LogP contribution in [0.5, 0.6) is 0 Å². The second-order valence-electron chi connectivity index (χ2n) is 6.53. The Morgan fingerprint density at radius 1 is 1.40 bits per heavy atom. The van der Waals surface area contributed by atoms with E-state index in [1.54, 1.807) is 0 Å². The molecule has 4 heteroatoms. The second-order valence-corrected chi connectivity index (χ2v) is 6.53. The summed E-state index contributed by atoms with van der Waals surface area (Å²) in [6, 6.07) is 0.566. The zero-order chi connectivity index (χ0) is 14.9. The first kappa shape index (κ1) is 15.5. The number of hydrogen-bond acceptors (Lipinski definition) is 3. The minimum Gasteiger partial charge on any atom is -0.378 e. The summed E-state index contributed by atoms with van der Waals surface area (Å²) in [4.78, 5) is 0. The summed E-state index contributed by atoms with van der Waals surface area (Å²) in [5, 5.41) is 8.17. The van der Waals surface area contributed by atoms with Gasteiger partial charge in [-0.1, -0.05) is 13.8 Å². The largest absolute Gasteiger partial charge is 0.378 e. The van der Waals surface area contributed by atoms with Crippen molar-refractivity contribution < 1.29 is 4.74 Å². The molecule has 2 rings (SSSR count). The molecule has 1 aromatic heterocycles. The van der Waals surface area contributed by atoms with Gasteiger partial charge >= 0.3 is 0 Å². The lowest BCUT2D eigenvalue weighted by atomic mass is 9.64. The maximum Gasteiger partial charge on any atom is 0.0655 e. The average molecular weight is 279 g/mol. The van der Waals surface area contributed by atoms with E-state index in [9.17, 15) is 0 Å². The van der Waals surface area contributed by atoms with Crippen LogP contribution >= 0.6 is 0 Å². The van der Waals surface area contributed by atoms with Crippen molar-refractivity contribution in [1.82, 2.24) is 15.1 Å². The number of nitrogens with zero attached hydrogens (tertiary/aromatic N) is 2. The van der Waals surface area contributed by atoms with Crippen LogP contribution in [0.25, 0.3) is 0 Å². The maximum atomic E-state index is 5.78. The summed E-state index contributed by atoms with van der Waals surface area (Å²) in [6.07, 6.45) is 2.59. The number of aromatic nitrogens is 2. The molecule has 1 saturated carbocycles. The minimum absolute atomic E-state index is 0.245. The predicted molar refractivity (Wildman–Crippen MR) is 82.0 cm³/mol. The van der Waals surface area contributed by atoms with E-state index in [4.69, 9.17) is 4.74 Å². The molecule has 2 atom stereocenters. The molecule has 2 unspecified atom stereocenters. The third kappa shape index (κ3) is 2.77. The van der Waals surface area contributed by atoms with Crippen molar-refractivity contribution in [3.05, 3.63) is 17.0 Å². The molecule has 0 saturated heterocycles. The molecule has 114 valence electrons. The van der Waals surface area contributed by atoms with Gasteiger partial charge in [-0.05, 0) is 45.7 Å². The lowest BCUT2D eigenvalue weighted by Crippen LogP contribution is -2.61. The Labute approximate surface area is 122 Å². The summed E-state index contributed by atoms with van der Waals surface area (Å²) in [5.41, 5.74) is 4.07. The van der Waals surface area contributed by atoms with Gasteiger partial charge in [0.25, 0.3) is 0 Å². The Kier molecular flexibility index (Phi) is 4.55. The van der Waals surface area contributed by atoms with Gasteiger partial charge < -0.3 is 10.1 Å². The lowest BCUT2D eigenvalue weighted by Gasteiger charge is -2.52. The molecule has 4 nitrogen and oxygen atoms in total. The van der Waals surface area contributed by atoms with Crippen LogP contribution in [0.4, 0.5) is 0 Å². The SMILES string of the molecule is CCOC1CC(NCCc2c(C)nn(C)c2C)C1(C)C. The van der Waals surface area contributed by atoms with Gasteiger partial charge in [0.15, 0.2) is 0 Å². The Hall–Kier alpha value is -0.870. The highest BCUT2D eigenvalue weighted by Crippen LogP contribution is 2.42. The van der Waals surface area contributed by atoms with Crippen LogP contribution < -0.4 is 5.32 Å². The molecule has 0 radical (unpaired) electrons. The molecular weight excluding hydrogens is 250 g/mol. The smallest absolute Gasteiger partial charge is 0.0655 e. The summed E-state index contributed by atoms with van der Waals surface area (Å²) in [6.45, 7) is 12.7. The molecular formula is C16H29N3O. The van der Waals surface area contributed by atoms with E-state index >= 15 is 0 Å². The summed E-state index contributed by atoms with van der Waals surface area (Å²) < 4.78 is 7.75. The van der Waals surface area contributed by atoms with Crippen LogP contribution in [0.3, 0.4) is 0 Å². The molecule has 1 aliphatic rings. The minimum atomic E-state index is 0.245. The van der Waals surface area contributed by atoms with E-state index in [2.05, 4.69) is 45.0 Å². The first-order chi connectivity index (χ1) is 9.37. The Morgan fingerprint density at radius 2 is 2.10 bits per heavy atom. The normalized spacial score (nSPS) is 24.7. The van der Waals surface area contributed by atoms with Gasteiger partial charge in [0.2, 0.25) is 0 Å². The monoisotopic (exact) mass is 279 g/mol. The number of nitrogens with one attached hydrogen (secondary N) is 1. The van der Waals surface area contributed by atoms with Crippen LogP contribution in [0.15, 0.2) is 0 Å². The molecule has 1 aliphatic carbocycles. The predicted octanol–water partition coefficient (Wildman–Crippen LogP) is 2.37. The lowest BCUT2D eigenvalue weighted by molar-refractivity contribution is -0.113. The fourth-order valence-electron chi connectivity index (χ4n) is 3.27. The molecule has 0 bridgehead atoms. The van der Waals surface area contributed by atoms with E-state index in [1.807, 2.05) is 11.7 Å². The third-order valence-electron chi connectivity index (χ3n) is 4.97. The van der Waals surface area contributed by atoms with E-state index < -0.39 is 0 Å². The van der Waals surface area contributed by atoms with Crippen molar-refractivity contribution in [3.63, 3.8) is 0 Å². The van der Waals surface area contributed by atoms with Crippen LogP contribution in [0.2, 0.25) is 0 Å². The molecule has 1 N–H and O–H groups in total. The fourth-order valence-corrected chi connectivity index (χ4v) is 3.27. The number of ether oxygens (including phenoxy) is 1. The molecule has 0 aliphatic heterocycles. The van der Waals surface area contributed by atoms with Crippen LogP contribution in [0.1, 0.15) is 44.1 Å². The van der Waals surface area contributed by atoms with Gasteiger partial charge in [0.05, 0.1) is 11.8 Å². The highest BCUT2D eigenvalue weighted by Gasteiger charge is 2.48.